The van der Waals surface area contributed by atoms with Crippen molar-refractivity contribution in [2.75, 3.05) is 0 Å². The Balaban J connectivity index is 1.73. The van der Waals surface area contributed by atoms with Crippen LogP contribution in [0.4, 0.5) is 5.69 Å². The Morgan fingerprint density at radius 2 is 1.62 bits per heavy atom. The fraction of sp³-hybridized carbons (Fsp3) is 0.200. The van der Waals surface area contributed by atoms with Crippen molar-refractivity contribution in [2.45, 2.75) is 37.1 Å². The molecule has 4 rings (SSSR count). The number of nitro groups is 1. The van der Waals surface area contributed by atoms with Crippen molar-refractivity contribution in [3.05, 3.63) is 104 Å². The summed E-state index contributed by atoms with van der Waals surface area (Å²) in [4.78, 5) is 28.6. The van der Waals surface area contributed by atoms with Crippen molar-refractivity contribution in [1.82, 2.24) is 9.55 Å². The fourth-order valence-electron chi connectivity index (χ4n) is 3.41. The molecule has 0 radical (unpaired) electrons. The first-order valence-corrected chi connectivity index (χ1v) is 11.2. The van der Waals surface area contributed by atoms with Gasteiger partial charge in [-0.25, -0.2) is 4.98 Å². The molecule has 1 aromatic heterocycles. The third kappa shape index (κ3) is 4.43. The van der Waals surface area contributed by atoms with Crippen LogP contribution in [0.25, 0.3) is 16.6 Å². The first-order valence-electron chi connectivity index (χ1n) is 10.2. The van der Waals surface area contributed by atoms with E-state index in [4.69, 9.17) is 4.98 Å². The van der Waals surface area contributed by atoms with Gasteiger partial charge >= 0.3 is 0 Å². The predicted octanol–water partition coefficient (Wildman–Crippen LogP) is 5.88. The van der Waals surface area contributed by atoms with E-state index >= 15 is 0 Å². The van der Waals surface area contributed by atoms with Gasteiger partial charge in [-0.3, -0.25) is 19.5 Å². The zero-order valence-corrected chi connectivity index (χ0v) is 18.9. The van der Waals surface area contributed by atoms with E-state index in [1.54, 1.807) is 24.3 Å². The number of rotatable bonds is 5. The molecule has 0 aliphatic rings. The van der Waals surface area contributed by atoms with Crippen LogP contribution in [-0.2, 0) is 11.2 Å². The number of non-ortho nitro benzene ring substituents is 1. The molecule has 32 heavy (non-hydrogen) atoms. The zero-order chi connectivity index (χ0) is 22.9. The number of para-hydroxylation sites is 1. The quantitative estimate of drug-likeness (QED) is 0.166. The number of benzene rings is 3. The number of nitrogens with zero attached hydrogens (tertiary/aromatic N) is 3. The molecule has 6 nitrogen and oxygen atoms in total. The van der Waals surface area contributed by atoms with E-state index in [1.165, 1.54) is 34.0 Å². The van der Waals surface area contributed by atoms with Crippen molar-refractivity contribution >= 4 is 28.4 Å². The van der Waals surface area contributed by atoms with Gasteiger partial charge in [0.05, 0.1) is 21.5 Å². The zero-order valence-electron chi connectivity index (χ0n) is 18.1. The van der Waals surface area contributed by atoms with E-state index in [0.29, 0.717) is 27.5 Å². The Kier molecular flexibility index (Phi) is 5.84. The molecule has 0 bridgehead atoms. The average molecular weight is 446 g/mol. The molecule has 0 atom stereocenters. The summed E-state index contributed by atoms with van der Waals surface area (Å²) >= 11 is 1.47. The summed E-state index contributed by atoms with van der Waals surface area (Å²) in [6, 6.07) is 21.6. The van der Waals surface area contributed by atoms with Crippen LogP contribution in [-0.4, -0.2) is 14.5 Å². The monoisotopic (exact) mass is 445 g/mol. The second kappa shape index (κ2) is 8.59. The Labute approximate surface area is 190 Å². The maximum absolute atomic E-state index is 13.3. The van der Waals surface area contributed by atoms with Gasteiger partial charge < -0.3 is 0 Å². The third-order valence-electron chi connectivity index (χ3n) is 5.25. The number of fused-ring (bicyclic) bond motifs is 1. The first kappa shape index (κ1) is 21.8. The Morgan fingerprint density at radius 3 is 2.25 bits per heavy atom. The van der Waals surface area contributed by atoms with Gasteiger partial charge in [0.25, 0.3) is 11.2 Å². The minimum atomic E-state index is -0.456. The molecule has 0 unspecified atom stereocenters. The highest BCUT2D eigenvalue weighted by molar-refractivity contribution is 7.98. The lowest BCUT2D eigenvalue weighted by atomic mass is 9.87. The Morgan fingerprint density at radius 1 is 0.969 bits per heavy atom. The SMILES string of the molecule is CC(C)(C)c1ccc(CSc2nc3ccccc3c(=O)n2-c2ccc([N+](=O)[O-])cc2)cc1. The van der Waals surface area contributed by atoms with E-state index in [0.717, 1.165) is 5.56 Å². The molecular weight excluding hydrogens is 422 g/mol. The number of thioether (sulfide) groups is 1. The van der Waals surface area contributed by atoms with Gasteiger partial charge in [-0.1, -0.05) is 68.9 Å². The maximum atomic E-state index is 13.3. The van der Waals surface area contributed by atoms with Gasteiger partial charge in [-0.15, -0.1) is 0 Å². The molecule has 0 fully saturated rings. The summed E-state index contributed by atoms with van der Waals surface area (Å²) in [5.41, 5.74) is 3.42. The largest absolute Gasteiger partial charge is 0.269 e. The van der Waals surface area contributed by atoms with E-state index in [-0.39, 0.29) is 16.7 Å². The Hall–Kier alpha value is -3.45. The van der Waals surface area contributed by atoms with Crippen molar-refractivity contribution in [3.8, 4) is 5.69 Å². The molecule has 0 N–H and O–H groups in total. The highest BCUT2D eigenvalue weighted by Crippen LogP contribution is 2.27. The van der Waals surface area contributed by atoms with Crippen LogP contribution >= 0.6 is 11.8 Å². The molecule has 7 heteroatoms. The number of hydrogen-bond acceptors (Lipinski definition) is 5. The summed E-state index contributed by atoms with van der Waals surface area (Å²) < 4.78 is 1.53. The standard InChI is InChI=1S/C25H23N3O3S/c1-25(2,3)18-10-8-17(9-11-18)16-32-24-26-22-7-5-4-6-21(22)23(29)27(24)19-12-14-20(15-13-19)28(30)31/h4-15H,16H2,1-3H3. The van der Waals surface area contributed by atoms with Crippen LogP contribution < -0.4 is 5.56 Å². The molecule has 0 aliphatic heterocycles. The summed E-state index contributed by atoms with van der Waals surface area (Å²) in [5.74, 6) is 0.641. The van der Waals surface area contributed by atoms with Gasteiger partial charge in [-0.05, 0) is 40.8 Å². The van der Waals surface area contributed by atoms with E-state index in [2.05, 4.69) is 45.0 Å². The van der Waals surface area contributed by atoms with Crippen molar-refractivity contribution in [2.24, 2.45) is 0 Å². The van der Waals surface area contributed by atoms with Crippen LogP contribution in [0.1, 0.15) is 31.9 Å². The van der Waals surface area contributed by atoms with E-state index < -0.39 is 4.92 Å². The lowest BCUT2D eigenvalue weighted by Gasteiger charge is -2.19. The smallest absolute Gasteiger partial charge is 0.268 e. The van der Waals surface area contributed by atoms with Crippen molar-refractivity contribution in [1.29, 1.82) is 0 Å². The number of aromatic nitrogens is 2. The molecule has 3 aromatic carbocycles. The predicted molar refractivity (Wildman–Crippen MR) is 129 cm³/mol. The average Bonchev–Trinajstić information content (AvgIpc) is 2.77. The normalized spacial score (nSPS) is 11.6. The van der Waals surface area contributed by atoms with Gasteiger partial charge in [0, 0.05) is 17.9 Å². The molecule has 0 saturated carbocycles. The summed E-state index contributed by atoms with van der Waals surface area (Å²) in [7, 11) is 0. The van der Waals surface area contributed by atoms with Gasteiger partial charge in [0.2, 0.25) is 0 Å². The van der Waals surface area contributed by atoms with Gasteiger partial charge in [-0.2, -0.15) is 0 Å². The Bertz CT molecular complexity index is 1340. The molecule has 162 valence electrons. The van der Waals surface area contributed by atoms with Gasteiger partial charge in [0.15, 0.2) is 5.16 Å². The topological polar surface area (TPSA) is 78.0 Å². The lowest BCUT2D eigenvalue weighted by Crippen LogP contribution is -2.21. The van der Waals surface area contributed by atoms with E-state index in [9.17, 15) is 14.9 Å². The van der Waals surface area contributed by atoms with Crippen LogP contribution in [0.5, 0.6) is 0 Å². The minimum Gasteiger partial charge on any atom is -0.268 e. The van der Waals surface area contributed by atoms with Crippen LogP contribution in [0.2, 0.25) is 0 Å². The molecule has 0 aliphatic carbocycles. The van der Waals surface area contributed by atoms with Crippen LogP contribution in [0.15, 0.2) is 82.7 Å². The summed E-state index contributed by atoms with van der Waals surface area (Å²) in [6.07, 6.45) is 0. The molecule has 4 aromatic rings. The number of hydrogen-bond donors (Lipinski definition) is 0. The number of nitro benzene ring substituents is 1. The van der Waals surface area contributed by atoms with Crippen LogP contribution in [0.3, 0.4) is 0 Å². The molecular formula is C25H23N3O3S. The summed E-state index contributed by atoms with van der Waals surface area (Å²) in [6.45, 7) is 6.54. The van der Waals surface area contributed by atoms with Crippen molar-refractivity contribution < 1.29 is 4.92 Å². The molecule has 0 spiro atoms. The van der Waals surface area contributed by atoms with Crippen LogP contribution in [0, 0.1) is 10.1 Å². The maximum Gasteiger partial charge on any atom is 0.269 e. The first-order chi connectivity index (χ1) is 15.2. The highest BCUT2D eigenvalue weighted by Gasteiger charge is 2.16. The third-order valence-corrected chi connectivity index (χ3v) is 6.26. The van der Waals surface area contributed by atoms with Crippen molar-refractivity contribution in [3.63, 3.8) is 0 Å². The fourth-order valence-corrected chi connectivity index (χ4v) is 4.38. The second-order valence-electron chi connectivity index (χ2n) is 8.56. The molecule has 0 saturated heterocycles. The molecule has 1 heterocycles. The minimum absolute atomic E-state index is 0.0244. The second-order valence-corrected chi connectivity index (χ2v) is 9.50. The highest BCUT2D eigenvalue weighted by atomic mass is 32.2. The summed E-state index contributed by atoms with van der Waals surface area (Å²) in [5, 5.41) is 12.1. The van der Waals surface area contributed by atoms with Gasteiger partial charge in [0.1, 0.15) is 0 Å². The van der Waals surface area contributed by atoms with E-state index in [1.807, 2.05) is 12.1 Å². The lowest BCUT2D eigenvalue weighted by molar-refractivity contribution is -0.384. The molecule has 0 amide bonds.